The molecule has 1 atom stereocenters. The van der Waals surface area contributed by atoms with E-state index in [2.05, 4.69) is 15.9 Å². The molecule has 1 rings (SSSR count). The average molecular weight is 305 g/mol. The second-order valence-electron chi connectivity index (χ2n) is 3.50. The molecule has 1 aromatic rings. The molecule has 0 fully saturated rings. The van der Waals surface area contributed by atoms with Crippen molar-refractivity contribution in [2.24, 2.45) is 0 Å². The lowest BCUT2D eigenvalue weighted by Crippen LogP contribution is -2.26. The molecule has 16 heavy (non-hydrogen) atoms. The molecule has 0 bridgehead atoms. The molecular weight excluding hydrogens is 292 g/mol. The van der Waals surface area contributed by atoms with Crippen molar-refractivity contribution in [2.45, 2.75) is 18.0 Å². The van der Waals surface area contributed by atoms with Gasteiger partial charge < -0.3 is 0 Å². The molecule has 0 saturated heterocycles. The fourth-order valence-electron chi connectivity index (χ4n) is 1.16. The Morgan fingerprint density at radius 2 is 1.81 bits per heavy atom. The standard InChI is InChI=1S/C11H13BrO3S/c1-3-16(14,15)11(12)10(13)9-6-4-8(2)5-7-9/h4-7,11H,3H2,1-2H3/t11-/m1/s1. The molecule has 1 aromatic carbocycles. The number of sulfone groups is 1. The van der Waals surface area contributed by atoms with Crippen LogP contribution in [0.3, 0.4) is 0 Å². The SMILES string of the molecule is CCS(=O)(=O)[C@@H](Br)C(=O)c1ccc(C)cc1. The molecule has 0 aliphatic carbocycles. The van der Waals surface area contributed by atoms with Crippen LogP contribution in [0.15, 0.2) is 24.3 Å². The summed E-state index contributed by atoms with van der Waals surface area (Å²) in [5.41, 5.74) is 1.44. The molecule has 0 unspecified atom stereocenters. The van der Waals surface area contributed by atoms with Crippen molar-refractivity contribution in [1.29, 1.82) is 0 Å². The number of hydrogen-bond donors (Lipinski definition) is 0. The van der Waals surface area contributed by atoms with E-state index in [0.717, 1.165) is 5.56 Å². The Bertz CT molecular complexity index is 476. The second-order valence-corrected chi connectivity index (χ2v) is 7.39. The van der Waals surface area contributed by atoms with Gasteiger partial charge in [0.2, 0.25) is 0 Å². The maximum Gasteiger partial charge on any atom is 0.191 e. The van der Waals surface area contributed by atoms with E-state index in [1.54, 1.807) is 24.3 Å². The summed E-state index contributed by atoms with van der Waals surface area (Å²) < 4.78 is 21.9. The lowest BCUT2D eigenvalue weighted by molar-refractivity contribution is 0.101. The number of carbonyl (C=O) groups is 1. The summed E-state index contributed by atoms with van der Waals surface area (Å²) in [6, 6.07) is 6.84. The Balaban J connectivity index is 2.99. The van der Waals surface area contributed by atoms with Gasteiger partial charge >= 0.3 is 0 Å². The minimum atomic E-state index is -3.39. The van der Waals surface area contributed by atoms with Crippen molar-refractivity contribution in [1.82, 2.24) is 0 Å². The monoisotopic (exact) mass is 304 g/mol. The van der Waals surface area contributed by atoms with Gasteiger partial charge in [0.15, 0.2) is 19.8 Å². The first-order valence-corrected chi connectivity index (χ1v) is 7.48. The zero-order chi connectivity index (χ0) is 12.3. The van der Waals surface area contributed by atoms with Crippen LogP contribution in [0.1, 0.15) is 22.8 Å². The number of benzene rings is 1. The van der Waals surface area contributed by atoms with Crippen molar-refractivity contribution in [3.8, 4) is 0 Å². The van der Waals surface area contributed by atoms with Crippen LogP contribution in [0.4, 0.5) is 0 Å². The molecule has 0 heterocycles. The quantitative estimate of drug-likeness (QED) is 0.634. The zero-order valence-corrected chi connectivity index (χ0v) is 11.5. The Labute approximate surface area is 104 Å². The maximum absolute atomic E-state index is 11.8. The molecule has 0 aromatic heterocycles. The van der Waals surface area contributed by atoms with Gasteiger partial charge in [-0.2, -0.15) is 0 Å². The summed E-state index contributed by atoms with van der Waals surface area (Å²) in [7, 11) is -3.39. The van der Waals surface area contributed by atoms with Crippen molar-refractivity contribution in [2.75, 3.05) is 5.75 Å². The molecular formula is C11H13BrO3S. The van der Waals surface area contributed by atoms with Gasteiger partial charge in [0, 0.05) is 11.3 Å². The normalized spacial score (nSPS) is 13.4. The van der Waals surface area contributed by atoms with Crippen LogP contribution in [-0.4, -0.2) is 24.1 Å². The predicted molar refractivity (Wildman–Crippen MR) is 67.7 cm³/mol. The van der Waals surface area contributed by atoms with Crippen molar-refractivity contribution >= 4 is 31.6 Å². The minimum Gasteiger partial charge on any atom is -0.292 e. The molecule has 0 aliphatic heterocycles. The highest BCUT2D eigenvalue weighted by Gasteiger charge is 2.28. The van der Waals surface area contributed by atoms with Crippen LogP contribution in [0.25, 0.3) is 0 Å². The second kappa shape index (κ2) is 5.10. The van der Waals surface area contributed by atoms with Crippen LogP contribution < -0.4 is 0 Å². The Morgan fingerprint density at radius 1 is 1.31 bits per heavy atom. The summed E-state index contributed by atoms with van der Waals surface area (Å²) in [5, 5.41) is 0. The van der Waals surface area contributed by atoms with E-state index < -0.39 is 19.8 Å². The molecule has 0 N–H and O–H groups in total. The van der Waals surface area contributed by atoms with Gasteiger partial charge in [0.1, 0.15) is 0 Å². The fraction of sp³-hybridized carbons (Fsp3) is 0.364. The summed E-state index contributed by atoms with van der Waals surface area (Å²) in [5.74, 6) is -0.470. The average Bonchev–Trinajstić information content (AvgIpc) is 2.28. The highest BCUT2D eigenvalue weighted by molar-refractivity contribution is 9.11. The number of hydrogen-bond acceptors (Lipinski definition) is 3. The predicted octanol–water partition coefficient (Wildman–Crippen LogP) is 2.33. The van der Waals surface area contributed by atoms with Gasteiger partial charge in [0.25, 0.3) is 0 Å². The lowest BCUT2D eigenvalue weighted by atomic mass is 10.1. The minimum absolute atomic E-state index is 0.0550. The van der Waals surface area contributed by atoms with E-state index in [-0.39, 0.29) is 5.75 Å². The van der Waals surface area contributed by atoms with Crippen molar-refractivity contribution in [3.05, 3.63) is 35.4 Å². The molecule has 0 radical (unpaired) electrons. The summed E-state index contributed by atoms with van der Waals surface area (Å²) in [6.45, 7) is 3.43. The van der Waals surface area contributed by atoms with Crippen LogP contribution >= 0.6 is 15.9 Å². The van der Waals surface area contributed by atoms with Gasteiger partial charge in [-0.15, -0.1) is 0 Å². The van der Waals surface area contributed by atoms with E-state index in [4.69, 9.17) is 0 Å². The molecule has 88 valence electrons. The molecule has 0 spiro atoms. The molecule has 3 nitrogen and oxygen atoms in total. The molecule has 0 amide bonds. The largest absolute Gasteiger partial charge is 0.292 e. The van der Waals surface area contributed by atoms with E-state index in [9.17, 15) is 13.2 Å². The van der Waals surface area contributed by atoms with Crippen LogP contribution in [0, 0.1) is 6.92 Å². The van der Waals surface area contributed by atoms with Crippen molar-refractivity contribution < 1.29 is 13.2 Å². The Morgan fingerprint density at radius 3 is 2.25 bits per heavy atom. The first kappa shape index (κ1) is 13.4. The van der Waals surface area contributed by atoms with Crippen molar-refractivity contribution in [3.63, 3.8) is 0 Å². The number of carbonyl (C=O) groups excluding carboxylic acids is 1. The number of rotatable bonds is 4. The summed E-state index contributed by atoms with van der Waals surface area (Å²) >= 11 is 2.94. The highest BCUT2D eigenvalue weighted by atomic mass is 79.9. The van der Waals surface area contributed by atoms with Gasteiger partial charge in [-0.05, 0) is 6.92 Å². The Kier molecular flexibility index (Phi) is 4.27. The maximum atomic E-state index is 11.8. The summed E-state index contributed by atoms with van der Waals surface area (Å²) in [6.07, 6.45) is 0. The molecule has 0 saturated carbocycles. The third kappa shape index (κ3) is 2.92. The third-order valence-corrected chi connectivity index (χ3v) is 6.03. The topological polar surface area (TPSA) is 51.2 Å². The first-order valence-electron chi connectivity index (χ1n) is 4.85. The number of Topliss-reactive ketones (excluding diaryl/α,β-unsaturated/α-hetero) is 1. The number of alkyl halides is 1. The molecule has 5 heteroatoms. The lowest BCUT2D eigenvalue weighted by Gasteiger charge is -2.08. The van der Waals surface area contributed by atoms with E-state index in [0.29, 0.717) is 5.56 Å². The van der Waals surface area contributed by atoms with E-state index in [1.807, 2.05) is 6.92 Å². The fourth-order valence-corrected chi connectivity index (χ4v) is 2.97. The number of ketones is 1. The van der Waals surface area contributed by atoms with Crippen LogP contribution in [0.2, 0.25) is 0 Å². The van der Waals surface area contributed by atoms with Gasteiger partial charge in [-0.25, -0.2) is 8.42 Å². The van der Waals surface area contributed by atoms with Gasteiger partial charge in [-0.1, -0.05) is 52.7 Å². The smallest absolute Gasteiger partial charge is 0.191 e. The summed E-state index contributed by atoms with van der Waals surface area (Å²) in [4.78, 5) is 11.8. The van der Waals surface area contributed by atoms with E-state index in [1.165, 1.54) is 6.92 Å². The Hall–Kier alpha value is -0.680. The van der Waals surface area contributed by atoms with Gasteiger partial charge in [-0.3, -0.25) is 4.79 Å². The van der Waals surface area contributed by atoms with Crippen LogP contribution in [0.5, 0.6) is 0 Å². The van der Waals surface area contributed by atoms with Gasteiger partial charge in [0.05, 0.1) is 0 Å². The zero-order valence-electron chi connectivity index (χ0n) is 9.10. The highest BCUT2D eigenvalue weighted by Crippen LogP contribution is 2.17. The van der Waals surface area contributed by atoms with Crippen LogP contribution in [-0.2, 0) is 9.84 Å². The first-order chi connectivity index (χ1) is 7.38. The number of halogens is 1. The number of aryl methyl sites for hydroxylation is 1. The van der Waals surface area contributed by atoms with E-state index >= 15 is 0 Å². The third-order valence-electron chi connectivity index (χ3n) is 2.26. The molecule has 0 aliphatic rings.